The summed E-state index contributed by atoms with van der Waals surface area (Å²) >= 11 is 0. The van der Waals surface area contributed by atoms with Gasteiger partial charge in [0.25, 0.3) is 0 Å². The molecular weight excluding hydrogens is 214 g/mol. The van der Waals surface area contributed by atoms with E-state index in [1.807, 2.05) is 37.4 Å². The van der Waals surface area contributed by atoms with Crippen molar-refractivity contribution in [2.75, 3.05) is 13.7 Å². The van der Waals surface area contributed by atoms with Gasteiger partial charge in [0.1, 0.15) is 11.6 Å². The van der Waals surface area contributed by atoms with E-state index in [4.69, 9.17) is 10.5 Å². The number of para-hydroxylation sites is 1. The van der Waals surface area contributed by atoms with E-state index < -0.39 is 0 Å². The molecular formula is C13H17N3O. The minimum Gasteiger partial charge on any atom is -0.496 e. The second-order valence-electron chi connectivity index (χ2n) is 3.88. The van der Waals surface area contributed by atoms with E-state index in [0.717, 1.165) is 17.1 Å². The van der Waals surface area contributed by atoms with Crippen LogP contribution in [0.1, 0.15) is 17.4 Å². The number of hydrogen-bond acceptors (Lipinski definition) is 3. The van der Waals surface area contributed by atoms with Crippen LogP contribution in [-0.2, 0) is 0 Å². The maximum Gasteiger partial charge on any atom is 0.124 e. The van der Waals surface area contributed by atoms with Crippen molar-refractivity contribution in [2.45, 2.75) is 13.0 Å². The number of methoxy groups -OCH3 is 1. The van der Waals surface area contributed by atoms with Gasteiger partial charge in [0, 0.05) is 24.5 Å². The Labute approximate surface area is 101 Å². The number of aromatic nitrogens is 2. The lowest BCUT2D eigenvalue weighted by molar-refractivity contribution is 0.401. The van der Waals surface area contributed by atoms with Crippen molar-refractivity contribution in [3.05, 3.63) is 48.0 Å². The first-order chi connectivity index (χ1) is 8.27. The standard InChI is InChI=1S/C13H17N3O/c1-10-15-7-8-16(10)12(9-14)11-5-3-4-6-13(11)17-2/h3-8,12H,9,14H2,1-2H3. The molecule has 1 atom stereocenters. The third-order valence-electron chi connectivity index (χ3n) is 2.92. The molecule has 0 fully saturated rings. The maximum absolute atomic E-state index is 5.88. The second-order valence-corrected chi connectivity index (χ2v) is 3.88. The van der Waals surface area contributed by atoms with Crippen LogP contribution in [0.25, 0.3) is 0 Å². The van der Waals surface area contributed by atoms with Crippen molar-refractivity contribution in [1.82, 2.24) is 9.55 Å². The van der Waals surface area contributed by atoms with Crippen molar-refractivity contribution in [2.24, 2.45) is 5.73 Å². The molecule has 17 heavy (non-hydrogen) atoms. The molecule has 0 amide bonds. The van der Waals surface area contributed by atoms with Gasteiger partial charge in [0.05, 0.1) is 13.2 Å². The van der Waals surface area contributed by atoms with Crippen LogP contribution in [0, 0.1) is 6.92 Å². The van der Waals surface area contributed by atoms with Gasteiger partial charge < -0.3 is 15.0 Å². The number of rotatable bonds is 4. The van der Waals surface area contributed by atoms with Gasteiger partial charge in [0.2, 0.25) is 0 Å². The monoisotopic (exact) mass is 231 g/mol. The maximum atomic E-state index is 5.88. The molecule has 2 aromatic rings. The highest BCUT2D eigenvalue weighted by molar-refractivity contribution is 5.36. The van der Waals surface area contributed by atoms with E-state index in [-0.39, 0.29) is 6.04 Å². The smallest absolute Gasteiger partial charge is 0.124 e. The summed E-state index contributed by atoms with van der Waals surface area (Å²) in [6.45, 7) is 2.48. The first-order valence-electron chi connectivity index (χ1n) is 5.60. The molecule has 0 aliphatic heterocycles. The van der Waals surface area contributed by atoms with Crippen LogP contribution in [0.2, 0.25) is 0 Å². The summed E-state index contributed by atoms with van der Waals surface area (Å²) in [7, 11) is 1.67. The van der Waals surface area contributed by atoms with Gasteiger partial charge in [-0.05, 0) is 13.0 Å². The molecule has 1 aromatic heterocycles. The third-order valence-corrected chi connectivity index (χ3v) is 2.92. The van der Waals surface area contributed by atoms with Crippen LogP contribution in [-0.4, -0.2) is 23.2 Å². The number of aryl methyl sites for hydroxylation is 1. The highest BCUT2D eigenvalue weighted by Crippen LogP contribution is 2.27. The molecule has 4 heteroatoms. The highest BCUT2D eigenvalue weighted by Gasteiger charge is 2.17. The molecule has 2 rings (SSSR count). The molecule has 0 aliphatic rings. The van der Waals surface area contributed by atoms with Crippen LogP contribution in [0.15, 0.2) is 36.7 Å². The van der Waals surface area contributed by atoms with Crippen molar-refractivity contribution >= 4 is 0 Å². The van der Waals surface area contributed by atoms with Crippen molar-refractivity contribution in [1.29, 1.82) is 0 Å². The lowest BCUT2D eigenvalue weighted by atomic mass is 10.1. The Morgan fingerprint density at radius 1 is 1.41 bits per heavy atom. The fraction of sp³-hybridized carbons (Fsp3) is 0.308. The fourth-order valence-corrected chi connectivity index (χ4v) is 2.05. The molecule has 0 radical (unpaired) electrons. The number of nitrogens with zero attached hydrogens (tertiary/aromatic N) is 2. The Bertz CT molecular complexity index is 493. The number of benzene rings is 1. The van der Waals surface area contributed by atoms with Crippen molar-refractivity contribution in [3.63, 3.8) is 0 Å². The number of hydrogen-bond donors (Lipinski definition) is 1. The molecule has 1 heterocycles. The summed E-state index contributed by atoms with van der Waals surface area (Å²) in [6, 6.07) is 8.00. The summed E-state index contributed by atoms with van der Waals surface area (Å²) in [5.41, 5.74) is 6.97. The number of ether oxygens (including phenoxy) is 1. The van der Waals surface area contributed by atoms with Gasteiger partial charge >= 0.3 is 0 Å². The van der Waals surface area contributed by atoms with Gasteiger partial charge in [-0.15, -0.1) is 0 Å². The zero-order chi connectivity index (χ0) is 12.3. The predicted molar refractivity (Wildman–Crippen MR) is 67.2 cm³/mol. The summed E-state index contributed by atoms with van der Waals surface area (Å²) in [5.74, 6) is 1.81. The molecule has 2 N–H and O–H groups in total. The predicted octanol–water partition coefficient (Wildman–Crippen LogP) is 1.75. The zero-order valence-electron chi connectivity index (χ0n) is 10.1. The first-order valence-corrected chi connectivity index (χ1v) is 5.60. The van der Waals surface area contributed by atoms with Crippen molar-refractivity contribution in [3.8, 4) is 5.75 Å². The average molecular weight is 231 g/mol. The summed E-state index contributed by atoms with van der Waals surface area (Å²) < 4.78 is 7.44. The van der Waals surface area contributed by atoms with Crippen LogP contribution < -0.4 is 10.5 Å². The molecule has 90 valence electrons. The van der Waals surface area contributed by atoms with E-state index in [0.29, 0.717) is 6.54 Å². The number of nitrogens with two attached hydrogens (primary N) is 1. The number of imidazole rings is 1. The van der Waals surface area contributed by atoms with E-state index >= 15 is 0 Å². The van der Waals surface area contributed by atoms with Crippen LogP contribution >= 0.6 is 0 Å². The lowest BCUT2D eigenvalue weighted by Crippen LogP contribution is -2.21. The Morgan fingerprint density at radius 2 is 2.18 bits per heavy atom. The van der Waals surface area contributed by atoms with Crippen LogP contribution in [0.5, 0.6) is 5.75 Å². The Kier molecular flexibility index (Phi) is 3.44. The Hall–Kier alpha value is -1.81. The van der Waals surface area contributed by atoms with E-state index in [2.05, 4.69) is 9.55 Å². The minimum absolute atomic E-state index is 0.0636. The summed E-state index contributed by atoms with van der Waals surface area (Å²) in [4.78, 5) is 4.23. The topological polar surface area (TPSA) is 53.1 Å². The normalized spacial score (nSPS) is 12.4. The van der Waals surface area contributed by atoms with E-state index in [1.54, 1.807) is 13.3 Å². The summed E-state index contributed by atoms with van der Waals surface area (Å²) in [6.07, 6.45) is 3.73. The van der Waals surface area contributed by atoms with Crippen LogP contribution in [0.4, 0.5) is 0 Å². The Balaban J connectivity index is 2.46. The molecule has 0 aliphatic carbocycles. The van der Waals surface area contributed by atoms with Crippen molar-refractivity contribution < 1.29 is 4.74 Å². The molecule has 1 unspecified atom stereocenters. The highest BCUT2D eigenvalue weighted by atomic mass is 16.5. The van der Waals surface area contributed by atoms with E-state index in [9.17, 15) is 0 Å². The lowest BCUT2D eigenvalue weighted by Gasteiger charge is -2.20. The van der Waals surface area contributed by atoms with Gasteiger partial charge in [-0.3, -0.25) is 0 Å². The van der Waals surface area contributed by atoms with Gasteiger partial charge in [0.15, 0.2) is 0 Å². The molecule has 1 aromatic carbocycles. The average Bonchev–Trinajstić information content (AvgIpc) is 2.78. The van der Waals surface area contributed by atoms with E-state index in [1.165, 1.54) is 0 Å². The fourth-order valence-electron chi connectivity index (χ4n) is 2.05. The van der Waals surface area contributed by atoms with Gasteiger partial charge in [-0.2, -0.15) is 0 Å². The minimum atomic E-state index is 0.0636. The van der Waals surface area contributed by atoms with Gasteiger partial charge in [-0.1, -0.05) is 18.2 Å². The second kappa shape index (κ2) is 5.01. The quantitative estimate of drug-likeness (QED) is 0.872. The molecule has 0 saturated carbocycles. The largest absolute Gasteiger partial charge is 0.496 e. The SMILES string of the molecule is COc1ccccc1C(CN)n1ccnc1C. The Morgan fingerprint density at radius 3 is 2.76 bits per heavy atom. The molecule has 4 nitrogen and oxygen atoms in total. The van der Waals surface area contributed by atoms with Gasteiger partial charge in [-0.25, -0.2) is 4.98 Å². The third kappa shape index (κ3) is 2.17. The summed E-state index contributed by atoms with van der Waals surface area (Å²) in [5, 5.41) is 0. The molecule has 0 bridgehead atoms. The zero-order valence-corrected chi connectivity index (χ0v) is 10.1. The molecule has 0 spiro atoms. The first kappa shape index (κ1) is 11.7. The molecule has 0 saturated heterocycles. The van der Waals surface area contributed by atoms with Crippen LogP contribution in [0.3, 0.4) is 0 Å².